The number of anilines is 1. The lowest BCUT2D eigenvalue weighted by molar-refractivity contribution is -0.176. The molecule has 1 fully saturated rings. The zero-order chi connectivity index (χ0) is 15.5. The fourth-order valence-corrected chi connectivity index (χ4v) is 2.30. The van der Waals surface area contributed by atoms with Crippen molar-refractivity contribution >= 4 is 17.5 Å². The highest BCUT2D eigenvalue weighted by Crippen LogP contribution is 2.34. The third-order valence-electron chi connectivity index (χ3n) is 3.18. The van der Waals surface area contributed by atoms with Crippen LogP contribution in [0.1, 0.15) is 26.2 Å². The summed E-state index contributed by atoms with van der Waals surface area (Å²) in [6.45, 7) is 2.62. The zero-order valence-corrected chi connectivity index (χ0v) is 12.3. The minimum Gasteiger partial charge on any atom is -0.463 e. The van der Waals surface area contributed by atoms with E-state index in [0.717, 1.165) is 6.42 Å². The normalized spacial score (nSPS) is 19.7. The molecule has 0 saturated carbocycles. The van der Waals surface area contributed by atoms with Gasteiger partial charge in [-0.15, -0.1) is 0 Å². The van der Waals surface area contributed by atoms with Crippen molar-refractivity contribution in [3.05, 3.63) is 5.28 Å². The highest BCUT2D eigenvalue weighted by molar-refractivity contribution is 6.28. The second kappa shape index (κ2) is 6.64. The molecule has 0 aliphatic carbocycles. The van der Waals surface area contributed by atoms with E-state index in [1.165, 1.54) is 4.90 Å². The van der Waals surface area contributed by atoms with Crippen LogP contribution < -0.4 is 9.64 Å². The first kappa shape index (κ1) is 16.1. The molecule has 0 amide bonds. The number of ether oxygens (including phenoxy) is 1. The topological polar surface area (TPSA) is 51.1 Å². The molecule has 21 heavy (non-hydrogen) atoms. The Bertz CT molecular complexity index is 486. The third-order valence-corrected chi connectivity index (χ3v) is 3.35. The minimum atomic E-state index is -4.21. The number of hydrogen-bond donors (Lipinski definition) is 0. The first-order valence-corrected chi connectivity index (χ1v) is 7.14. The van der Waals surface area contributed by atoms with Crippen LogP contribution in [0.25, 0.3) is 0 Å². The molecule has 118 valence electrons. The lowest BCUT2D eigenvalue weighted by atomic mass is 9.98. The van der Waals surface area contributed by atoms with E-state index in [2.05, 4.69) is 15.0 Å². The van der Waals surface area contributed by atoms with Crippen LogP contribution in [-0.4, -0.2) is 40.8 Å². The number of piperidine rings is 1. The van der Waals surface area contributed by atoms with Crippen molar-refractivity contribution in [3.63, 3.8) is 0 Å². The lowest BCUT2D eigenvalue weighted by Gasteiger charge is -2.33. The van der Waals surface area contributed by atoms with Crippen LogP contribution in [0, 0.1) is 5.92 Å². The van der Waals surface area contributed by atoms with Gasteiger partial charge in [0.1, 0.15) is 0 Å². The lowest BCUT2D eigenvalue weighted by Crippen LogP contribution is -2.42. The average Bonchev–Trinajstić information content (AvgIpc) is 2.44. The highest BCUT2D eigenvalue weighted by Gasteiger charge is 2.42. The second-order valence-corrected chi connectivity index (χ2v) is 5.20. The van der Waals surface area contributed by atoms with Crippen LogP contribution in [0.15, 0.2) is 0 Å². The number of hydrogen-bond acceptors (Lipinski definition) is 5. The maximum atomic E-state index is 12.8. The van der Waals surface area contributed by atoms with Gasteiger partial charge >= 0.3 is 12.2 Å². The summed E-state index contributed by atoms with van der Waals surface area (Å²) in [6, 6.07) is 0.0426. The van der Waals surface area contributed by atoms with Crippen LogP contribution in [0.2, 0.25) is 5.28 Å². The average molecular weight is 325 g/mol. The molecular formula is C12H16ClF3N4O. The van der Waals surface area contributed by atoms with Gasteiger partial charge in [0.25, 0.3) is 0 Å². The molecule has 1 aliphatic rings. The molecule has 0 radical (unpaired) electrons. The molecule has 1 aliphatic heterocycles. The summed E-state index contributed by atoms with van der Waals surface area (Å²) in [5.41, 5.74) is 0. The van der Waals surface area contributed by atoms with Gasteiger partial charge in [0.2, 0.25) is 11.2 Å². The maximum absolute atomic E-state index is 12.8. The number of nitrogens with zero attached hydrogens (tertiary/aromatic N) is 4. The first-order chi connectivity index (χ1) is 9.90. The van der Waals surface area contributed by atoms with Gasteiger partial charge in [-0.05, 0) is 30.9 Å². The zero-order valence-electron chi connectivity index (χ0n) is 11.5. The Morgan fingerprint density at radius 3 is 2.76 bits per heavy atom. The Balaban J connectivity index is 2.15. The largest absolute Gasteiger partial charge is 0.463 e. The Kier molecular flexibility index (Phi) is 5.08. The van der Waals surface area contributed by atoms with E-state index in [4.69, 9.17) is 16.3 Å². The Labute approximate surface area is 125 Å². The summed E-state index contributed by atoms with van der Waals surface area (Å²) in [4.78, 5) is 13.2. The van der Waals surface area contributed by atoms with Crippen LogP contribution in [0.5, 0.6) is 6.01 Å². The van der Waals surface area contributed by atoms with Crippen molar-refractivity contribution in [1.29, 1.82) is 0 Å². The summed E-state index contributed by atoms with van der Waals surface area (Å²) in [5, 5.41) is -0.0831. The molecule has 9 heteroatoms. The van der Waals surface area contributed by atoms with Crippen LogP contribution in [0.3, 0.4) is 0 Å². The van der Waals surface area contributed by atoms with Gasteiger partial charge in [-0.25, -0.2) is 0 Å². The molecule has 0 spiro atoms. The third kappa shape index (κ3) is 4.33. The molecule has 0 bridgehead atoms. The molecule has 1 saturated heterocycles. The van der Waals surface area contributed by atoms with Gasteiger partial charge < -0.3 is 9.64 Å². The molecule has 1 unspecified atom stereocenters. The van der Waals surface area contributed by atoms with Gasteiger partial charge in [0, 0.05) is 13.1 Å². The predicted molar refractivity (Wildman–Crippen MR) is 71.6 cm³/mol. The summed E-state index contributed by atoms with van der Waals surface area (Å²) >= 11 is 5.78. The molecule has 5 nitrogen and oxygen atoms in total. The Morgan fingerprint density at radius 2 is 2.10 bits per heavy atom. The van der Waals surface area contributed by atoms with E-state index in [1.807, 2.05) is 6.92 Å². The van der Waals surface area contributed by atoms with Gasteiger partial charge in [0.05, 0.1) is 12.5 Å². The molecule has 0 N–H and O–H groups in total. The molecule has 2 rings (SSSR count). The van der Waals surface area contributed by atoms with E-state index < -0.39 is 12.1 Å². The predicted octanol–water partition coefficient (Wildman–Crippen LogP) is 3.09. The van der Waals surface area contributed by atoms with Gasteiger partial charge in [0.15, 0.2) is 0 Å². The minimum absolute atomic E-state index is 0.0426. The Morgan fingerprint density at radius 1 is 1.33 bits per heavy atom. The van der Waals surface area contributed by atoms with E-state index >= 15 is 0 Å². The first-order valence-electron chi connectivity index (χ1n) is 6.76. The molecular weight excluding hydrogens is 309 g/mol. The monoisotopic (exact) mass is 324 g/mol. The van der Waals surface area contributed by atoms with Gasteiger partial charge in [-0.2, -0.15) is 28.1 Å². The molecule has 1 atom stereocenters. The molecule has 1 aromatic rings. The van der Waals surface area contributed by atoms with E-state index in [-0.39, 0.29) is 30.2 Å². The van der Waals surface area contributed by atoms with Gasteiger partial charge in [-0.3, -0.25) is 0 Å². The Hall–Kier alpha value is -1.31. The van der Waals surface area contributed by atoms with Crippen LogP contribution >= 0.6 is 11.6 Å². The van der Waals surface area contributed by atoms with Gasteiger partial charge in [-0.1, -0.05) is 6.92 Å². The molecule has 0 aromatic carbocycles. The van der Waals surface area contributed by atoms with Crippen molar-refractivity contribution in [2.45, 2.75) is 32.4 Å². The SMILES string of the molecule is CCCOc1nc(Cl)nc(N2CCCC(C(F)(F)F)C2)n1. The fourth-order valence-electron chi connectivity index (χ4n) is 2.15. The van der Waals surface area contributed by atoms with E-state index in [0.29, 0.717) is 19.6 Å². The number of halogens is 4. The quantitative estimate of drug-likeness (QED) is 0.852. The van der Waals surface area contributed by atoms with Crippen molar-refractivity contribution in [1.82, 2.24) is 15.0 Å². The number of rotatable bonds is 4. The summed E-state index contributed by atoms with van der Waals surface area (Å²) < 4.78 is 43.7. The smallest absolute Gasteiger partial charge is 0.393 e. The fraction of sp³-hybridized carbons (Fsp3) is 0.750. The van der Waals surface area contributed by atoms with Crippen molar-refractivity contribution in [2.24, 2.45) is 5.92 Å². The summed E-state index contributed by atoms with van der Waals surface area (Å²) in [5.74, 6) is -1.24. The molecule has 1 aromatic heterocycles. The number of alkyl halides is 3. The maximum Gasteiger partial charge on any atom is 0.393 e. The van der Waals surface area contributed by atoms with Crippen molar-refractivity contribution in [2.75, 3.05) is 24.6 Å². The standard InChI is InChI=1S/C12H16ClF3N4O/c1-2-6-21-11-18-9(13)17-10(19-11)20-5-3-4-8(7-20)12(14,15)16/h8H,2-7H2,1H3. The van der Waals surface area contributed by atoms with Crippen LogP contribution in [0.4, 0.5) is 19.1 Å². The highest BCUT2D eigenvalue weighted by atomic mass is 35.5. The summed E-state index contributed by atoms with van der Waals surface area (Å²) in [7, 11) is 0. The molecule has 2 heterocycles. The second-order valence-electron chi connectivity index (χ2n) is 4.86. The van der Waals surface area contributed by atoms with Crippen molar-refractivity contribution < 1.29 is 17.9 Å². The van der Waals surface area contributed by atoms with E-state index in [9.17, 15) is 13.2 Å². The number of aromatic nitrogens is 3. The summed E-state index contributed by atoms with van der Waals surface area (Å²) in [6.07, 6.45) is -2.90. The van der Waals surface area contributed by atoms with E-state index in [1.54, 1.807) is 0 Å². The van der Waals surface area contributed by atoms with Crippen LogP contribution in [-0.2, 0) is 0 Å². The van der Waals surface area contributed by atoms with Crippen molar-refractivity contribution in [3.8, 4) is 6.01 Å².